The Hall–Kier alpha value is -2.49. The van der Waals surface area contributed by atoms with E-state index in [1.807, 2.05) is 45.0 Å². The molecule has 3 aliphatic rings. The maximum atomic E-state index is 13.6. The molecule has 1 unspecified atom stereocenters. The van der Waals surface area contributed by atoms with Crippen LogP contribution in [0.3, 0.4) is 0 Å². The minimum atomic E-state index is -0.805. The summed E-state index contributed by atoms with van der Waals surface area (Å²) in [6.07, 6.45) is 0.691. The Balaban J connectivity index is 1.43. The summed E-state index contributed by atoms with van der Waals surface area (Å²) in [6.45, 7) is 13.3. The molecule has 0 radical (unpaired) electrons. The first-order valence-corrected chi connectivity index (χ1v) is 12.7. The quantitative estimate of drug-likeness (QED) is 0.616. The fourth-order valence-electron chi connectivity index (χ4n) is 5.32. The van der Waals surface area contributed by atoms with Crippen LogP contribution in [0.25, 0.3) is 0 Å². The van der Waals surface area contributed by atoms with Crippen molar-refractivity contribution < 1.29 is 19.1 Å². The number of nitrogens with two attached hydrogens (primary N) is 1. The number of likely N-dealkylation sites (tertiary alicyclic amines) is 1. The van der Waals surface area contributed by atoms with E-state index < -0.39 is 29.6 Å². The predicted octanol–water partition coefficient (Wildman–Crippen LogP) is 0.869. The topological polar surface area (TPSA) is 108 Å². The van der Waals surface area contributed by atoms with E-state index in [1.165, 1.54) is 4.90 Å². The summed E-state index contributed by atoms with van der Waals surface area (Å²) in [5.74, 6) is -0.748. The van der Waals surface area contributed by atoms with Gasteiger partial charge in [0.15, 0.2) is 5.78 Å². The van der Waals surface area contributed by atoms with Gasteiger partial charge in [-0.25, -0.2) is 0 Å². The molecule has 35 heavy (non-hydrogen) atoms. The highest BCUT2D eigenvalue weighted by Crippen LogP contribution is 2.30. The number of nitrogens with one attached hydrogen (secondary N) is 1. The van der Waals surface area contributed by atoms with Crippen molar-refractivity contribution in [2.75, 3.05) is 50.8 Å². The summed E-state index contributed by atoms with van der Waals surface area (Å²) < 4.78 is 5.51. The summed E-state index contributed by atoms with van der Waals surface area (Å²) in [4.78, 5) is 45.4. The smallest absolute Gasteiger partial charge is 0.251 e. The number of amides is 2. The Morgan fingerprint density at radius 1 is 1.14 bits per heavy atom. The minimum Gasteiger partial charge on any atom is -0.369 e. The van der Waals surface area contributed by atoms with E-state index in [-0.39, 0.29) is 30.7 Å². The summed E-state index contributed by atoms with van der Waals surface area (Å²) in [7, 11) is 0. The summed E-state index contributed by atoms with van der Waals surface area (Å²) >= 11 is 0. The van der Waals surface area contributed by atoms with E-state index >= 15 is 0 Å². The van der Waals surface area contributed by atoms with E-state index in [1.54, 1.807) is 0 Å². The van der Waals surface area contributed by atoms with Gasteiger partial charge in [0, 0.05) is 44.0 Å². The molecule has 2 amide bonds. The largest absolute Gasteiger partial charge is 0.369 e. The number of nitrogens with zero attached hydrogens (tertiary/aromatic N) is 3. The summed E-state index contributed by atoms with van der Waals surface area (Å²) in [6, 6.07) is 5.67. The molecule has 0 aliphatic carbocycles. The van der Waals surface area contributed by atoms with Gasteiger partial charge in [-0.3, -0.25) is 19.3 Å². The van der Waals surface area contributed by atoms with Crippen molar-refractivity contribution >= 4 is 23.3 Å². The number of rotatable bonds is 6. The molecule has 3 fully saturated rings. The van der Waals surface area contributed by atoms with Gasteiger partial charge in [0.2, 0.25) is 5.91 Å². The maximum Gasteiger partial charge on any atom is 0.251 e. The molecule has 192 valence electrons. The number of piperazine rings is 1. The number of anilines is 1. The standard InChI is InChI=1S/C26H39N5O4/c1-5-10-29-11-13-30(14-12-29)18-8-6-17(7-9-18)24(33)28-23(26(2,3)4)25(34)31-15-19(27)22-21(31)20(32)16-35-22/h6-9,19,21-23H,5,10-16,27H2,1-4H3,(H,28,33)/t19-,21+,22+,23?/m0/s1. The number of benzene rings is 1. The maximum absolute atomic E-state index is 13.6. The van der Waals surface area contributed by atoms with Gasteiger partial charge in [-0.1, -0.05) is 27.7 Å². The number of fused-ring (bicyclic) bond motifs is 1. The first-order valence-electron chi connectivity index (χ1n) is 12.7. The third-order valence-electron chi connectivity index (χ3n) is 7.30. The van der Waals surface area contributed by atoms with Crippen LogP contribution in [0.15, 0.2) is 24.3 Å². The molecular formula is C26H39N5O4. The molecule has 0 spiro atoms. The number of Topliss-reactive ketones (excluding diaryl/α,β-unsaturated/α-hetero) is 1. The lowest BCUT2D eigenvalue weighted by Crippen LogP contribution is -2.57. The monoisotopic (exact) mass is 485 g/mol. The molecule has 9 heteroatoms. The Bertz CT molecular complexity index is 936. The van der Waals surface area contributed by atoms with Crippen molar-refractivity contribution in [3.8, 4) is 0 Å². The van der Waals surface area contributed by atoms with E-state index in [0.29, 0.717) is 5.56 Å². The van der Waals surface area contributed by atoms with Crippen LogP contribution < -0.4 is 16.0 Å². The Labute approximate surface area is 207 Å². The normalized spacial score (nSPS) is 26.1. The van der Waals surface area contributed by atoms with E-state index in [0.717, 1.165) is 44.8 Å². The zero-order chi connectivity index (χ0) is 25.3. The lowest BCUT2D eigenvalue weighted by Gasteiger charge is -2.36. The number of hydrogen-bond acceptors (Lipinski definition) is 7. The van der Waals surface area contributed by atoms with Crippen LogP contribution in [0.1, 0.15) is 44.5 Å². The van der Waals surface area contributed by atoms with Crippen LogP contribution in [0, 0.1) is 5.41 Å². The predicted molar refractivity (Wildman–Crippen MR) is 134 cm³/mol. The average Bonchev–Trinajstić information content (AvgIpc) is 3.37. The molecule has 0 saturated carbocycles. The third-order valence-corrected chi connectivity index (χ3v) is 7.30. The van der Waals surface area contributed by atoms with Crippen molar-refractivity contribution in [3.05, 3.63) is 29.8 Å². The Morgan fingerprint density at radius 2 is 1.80 bits per heavy atom. The van der Waals surface area contributed by atoms with Gasteiger partial charge in [-0.05, 0) is 42.6 Å². The molecule has 4 rings (SSSR count). The zero-order valence-corrected chi connectivity index (χ0v) is 21.3. The van der Waals surface area contributed by atoms with E-state index in [4.69, 9.17) is 10.5 Å². The molecule has 3 heterocycles. The number of carbonyl (C=O) groups excluding carboxylic acids is 3. The second-order valence-electron chi connectivity index (χ2n) is 11.0. The first-order chi connectivity index (χ1) is 16.6. The Morgan fingerprint density at radius 3 is 2.40 bits per heavy atom. The third kappa shape index (κ3) is 5.37. The number of hydrogen-bond donors (Lipinski definition) is 2. The van der Waals surface area contributed by atoms with Crippen LogP contribution in [0.2, 0.25) is 0 Å². The fourth-order valence-corrected chi connectivity index (χ4v) is 5.32. The van der Waals surface area contributed by atoms with Crippen LogP contribution >= 0.6 is 0 Å². The number of ketones is 1. The van der Waals surface area contributed by atoms with Crippen molar-refractivity contribution in [2.45, 2.75) is 58.3 Å². The second kappa shape index (κ2) is 10.2. The van der Waals surface area contributed by atoms with Crippen LogP contribution in [0.5, 0.6) is 0 Å². The molecular weight excluding hydrogens is 446 g/mol. The van der Waals surface area contributed by atoms with Gasteiger partial charge in [0.05, 0.1) is 6.04 Å². The number of carbonyl (C=O) groups is 3. The molecule has 3 aliphatic heterocycles. The van der Waals surface area contributed by atoms with Gasteiger partial charge < -0.3 is 25.6 Å². The molecule has 1 aromatic carbocycles. The summed E-state index contributed by atoms with van der Waals surface area (Å²) in [5.41, 5.74) is 7.18. The average molecular weight is 486 g/mol. The van der Waals surface area contributed by atoms with Crippen LogP contribution in [0.4, 0.5) is 5.69 Å². The Kier molecular flexibility index (Phi) is 7.49. The van der Waals surface area contributed by atoms with E-state index in [9.17, 15) is 14.4 Å². The summed E-state index contributed by atoms with van der Waals surface area (Å²) in [5, 5.41) is 2.93. The van der Waals surface area contributed by atoms with Gasteiger partial charge in [-0.15, -0.1) is 0 Å². The molecule has 9 nitrogen and oxygen atoms in total. The van der Waals surface area contributed by atoms with E-state index in [2.05, 4.69) is 22.0 Å². The fraction of sp³-hybridized carbons (Fsp3) is 0.654. The first kappa shape index (κ1) is 25.6. The van der Waals surface area contributed by atoms with Gasteiger partial charge in [-0.2, -0.15) is 0 Å². The van der Waals surface area contributed by atoms with Crippen molar-refractivity contribution in [1.82, 2.24) is 15.1 Å². The molecule has 0 bridgehead atoms. The SMILES string of the molecule is CCCN1CCN(c2ccc(C(=O)NC(C(=O)N3C[C@H](N)[C@H]4OCC(=O)[C@H]43)C(C)(C)C)cc2)CC1. The van der Waals surface area contributed by atoms with Gasteiger partial charge in [0.1, 0.15) is 24.8 Å². The molecule has 3 N–H and O–H groups in total. The highest BCUT2D eigenvalue weighted by molar-refractivity contribution is 5.99. The minimum absolute atomic E-state index is 0.0284. The van der Waals surface area contributed by atoms with Gasteiger partial charge in [0.25, 0.3) is 5.91 Å². The highest BCUT2D eigenvalue weighted by Gasteiger charge is 2.53. The van der Waals surface area contributed by atoms with Crippen molar-refractivity contribution in [1.29, 1.82) is 0 Å². The highest BCUT2D eigenvalue weighted by atomic mass is 16.5. The molecule has 1 aromatic rings. The lowest BCUT2D eigenvalue weighted by molar-refractivity contribution is -0.140. The zero-order valence-electron chi connectivity index (χ0n) is 21.3. The molecule has 4 atom stereocenters. The van der Waals surface area contributed by atoms with Crippen LogP contribution in [-0.4, -0.2) is 97.5 Å². The van der Waals surface area contributed by atoms with Crippen molar-refractivity contribution in [2.24, 2.45) is 11.1 Å². The number of ether oxygens (including phenoxy) is 1. The van der Waals surface area contributed by atoms with Crippen molar-refractivity contribution in [3.63, 3.8) is 0 Å². The lowest BCUT2D eigenvalue weighted by atomic mass is 9.85. The van der Waals surface area contributed by atoms with Gasteiger partial charge >= 0.3 is 0 Å². The second-order valence-corrected chi connectivity index (χ2v) is 11.0. The molecule has 3 saturated heterocycles. The van der Waals surface area contributed by atoms with Crippen LogP contribution in [-0.2, 0) is 14.3 Å². The molecule has 0 aromatic heterocycles.